The molecular formula is C15H20N2O4. The summed E-state index contributed by atoms with van der Waals surface area (Å²) in [7, 11) is 0. The van der Waals surface area contributed by atoms with Crippen LogP contribution < -0.4 is 4.74 Å². The second-order valence-corrected chi connectivity index (χ2v) is 5.76. The smallest absolute Gasteiger partial charge is 0.310 e. The predicted molar refractivity (Wildman–Crippen MR) is 78.1 cm³/mol. The molecule has 0 unspecified atom stereocenters. The number of ether oxygens (including phenoxy) is 1. The van der Waals surface area contributed by atoms with E-state index in [-0.39, 0.29) is 24.0 Å². The van der Waals surface area contributed by atoms with Crippen LogP contribution >= 0.6 is 0 Å². The number of rotatable bonds is 4. The van der Waals surface area contributed by atoms with E-state index in [1.807, 2.05) is 0 Å². The number of hydrogen-bond donors (Lipinski definition) is 0. The summed E-state index contributed by atoms with van der Waals surface area (Å²) in [4.78, 5) is 24.3. The second kappa shape index (κ2) is 6.56. The van der Waals surface area contributed by atoms with Gasteiger partial charge >= 0.3 is 5.69 Å². The van der Waals surface area contributed by atoms with Crippen molar-refractivity contribution in [2.75, 3.05) is 19.7 Å². The van der Waals surface area contributed by atoms with Crippen molar-refractivity contribution in [1.82, 2.24) is 4.90 Å². The second-order valence-electron chi connectivity index (χ2n) is 5.76. The first-order valence-electron chi connectivity index (χ1n) is 7.11. The quantitative estimate of drug-likeness (QED) is 0.631. The Morgan fingerprint density at radius 2 is 1.95 bits per heavy atom. The number of nitro benzene ring substituents is 1. The van der Waals surface area contributed by atoms with E-state index in [0.717, 1.165) is 19.5 Å². The first-order chi connectivity index (χ1) is 9.97. The zero-order valence-corrected chi connectivity index (χ0v) is 12.3. The number of nitro groups is 1. The molecule has 6 heteroatoms. The molecule has 2 atom stereocenters. The highest BCUT2D eigenvalue weighted by Crippen LogP contribution is 2.26. The van der Waals surface area contributed by atoms with Crippen molar-refractivity contribution in [3.8, 4) is 5.75 Å². The zero-order valence-electron chi connectivity index (χ0n) is 12.3. The van der Waals surface area contributed by atoms with E-state index in [1.54, 1.807) is 17.0 Å². The summed E-state index contributed by atoms with van der Waals surface area (Å²) < 4.78 is 5.35. The zero-order chi connectivity index (χ0) is 15.4. The molecule has 6 nitrogen and oxygen atoms in total. The van der Waals surface area contributed by atoms with Gasteiger partial charge in [0.1, 0.15) is 0 Å². The van der Waals surface area contributed by atoms with Gasteiger partial charge < -0.3 is 9.64 Å². The Balaban J connectivity index is 1.97. The number of nitrogens with zero attached hydrogens (tertiary/aromatic N) is 2. The summed E-state index contributed by atoms with van der Waals surface area (Å²) >= 11 is 0. The number of amides is 1. The molecule has 0 spiro atoms. The standard InChI is InChI=1S/C15H20N2O4/c1-11-7-12(2)9-16(8-11)15(18)10-21-14-6-4-3-5-13(14)17(19)20/h3-6,11-12H,7-10H2,1-2H3/t11-,12-/m0/s1. The Morgan fingerprint density at radius 3 is 2.57 bits per heavy atom. The van der Waals surface area contributed by atoms with E-state index in [1.165, 1.54) is 12.1 Å². The topological polar surface area (TPSA) is 72.7 Å². The number of para-hydroxylation sites is 2. The van der Waals surface area contributed by atoms with Crippen LogP contribution in [0.4, 0.5) is 5.69 Å². The van der Waals surface area contributed by atoms with E-state index in [0.29, 0.717) is 11.8 Å². The van der Waals surface area contributed by atoms with Crippen LogP contribution in [0, 0.1) is 22.0 Å². The van der Waals surface area contributed by atoms with Crippen LogP contribution in [0.2, 0.25) is 0 Å². The van der Waals surface area contributed by atoms with Gasteiger partial charge in [-0.3, -0.25) is 14.9 Å². The fourth-order valence-electron chi connectivity index (χ4n) is 2.83. The van der Waals surface area contributed by atoms with Crippen LogP contribution in [0.3, 0.4) is 0 Å². The van der Waals surface area contributed by atoms with Crippen LogP contribution in [0.5, 0.6) is 5.75 Å². The largest absolute Gasteiger partial charge is 0.477 e. The van der Waals surface area contributed by atoms with Crippen LogP contribution in [0.1, 0.15) is 20.3 Å². The lowest BCUT2D eigenvalue weighted by molar-refractivity contribution is -0.385. The van der Waals surface area contributed by atoms with E-state index >= 15 is 0 Å². The first-order valence-corrected chi connectivity index (χ1v) is 7.11. The van der Waals surface area contributed by atoms with Crippen LogP contribution in [0.25, 0.3) is 0 Å². The molecule has 1 saturated heterocycles. The summed E-state index contributed by atoms with van der Waals surface area (Å²) in [6.45, 7) is 5.54. The van der Waals surface area contributed by atoms with Gasteiger partial charge in [0.2, 0.25) is 0 Å². The van der Waals surface area contributed by atoms with E-state index in [2.05, 4.69) is 13.8 Å². The van der Waals surface area contributed by atoms with Gasteiger partial charge in [-0.1, -0.05) is 26.0 Å². The van der Waals surface area contributed by atoms with Gasteiger partial charge in [0, 0.05) is 19.2 Å². The maximum absolute atomic E-state index is 12.2. The van der Waals surface area contributed by atoms with Gasteiger partial charge in [-0.05, 0) is 24.3 Å². The third kappa shape index (κ3) is 3.93. The normalized spacial score (nSPS) is 21.9. The van der Waals surface area contributed by atoms with Gasteiger partial charge in [0.25, 0.3) is 5.91 Å². The summed E-state index contributed by atoms with van der Waals surface area (Å²) in [6, 6.07) is 6.09. The highest BCUT2D eigenvalue weighted by molar-refractivity contribution is 5.78. The minimum atomic E-state index is -0.509. The molecule has 1 fully saturated rings. The van der Waals surface area contributed by atoms with Gasteiger partial charge in [0.05, 0.1) is 4.92 Å². The van der Waals surface area contributed by atoms with Crippen LogP contribution in [-0.4, -0.2) is 35.4 Å². The minimum absolute atomic E-state index is 0.119. The molecule has 0 radical (unpaired) electrons. The van der Waals surface area contributed by atoms with Gasteiger partial charge in [0.15, 0.2) is 12.4 Å². The number of carbonyl (C=O) groups excluding carboxylic acids is 1. The van der Waals surface area contributed by atoms with Gasteiger partial charge in [-0.25, -0.2) is 0 Å². The first kappa shape index (κ1) is 15.3. The maximum atomic E-state index is 12.2. The third-order valence-electron chi connectivity index (χ3n) is 3.63. The Bertz CT molecular complexity index is 522. The Labute approximate surface area is 123 Å². The molecule has 0 saturated carbocycles. The SMILES string of the molecule is C[C@H]1C[C@H](C)CN(C(=O)COc2ccccc2[N+](=O)[O-])C1. The maximum Gasteiger partial charge on any atom is 0.310 e. The van der Waals surface area contributed by atoms with Gasteiger partial charge in [-0.2, -0.15) is 0 Å². The van der Waals surface area contributed by atoms with Crippen molar-refractivity contribution in [1.29, 1.82) is 0 Å². The summed E-state index contributed by atoms with van der Waals surface area (Å²) in [5.74, 6) is 0.966. The number of carbonyl (C=O) groups is 1. The molecule has 1 aromatic rings. The fraction of sp³-hybridized carbons (Fsp3) is 0.533. The van der Waals surface area contributed by atoms with Crippen LogP contribution in [-0.2, 0) is 4.79 Å². The van der Waals surface area contributed by atoms with Crippen LogP contribution in [0.15, 0.2) is 24.3 Å². The molecule has 21 heavy (non-hydrogen) atoms. The molecule has 1 aromatic carbocycles. The van der Waals surface area contributed by atoms with E-state index in [9.17, 15) is 14.9 Å². The molecule has 0 N–H and O–H groups in total. The lowest BCUT2D eigenvalue weighted by atomic mass is 9.92. The number of likely N-dealkylation sites (tertiary alicyclic amines) is 1. The van der Waals surface area contributed by atoms with Crippen molar-refractivity contribution in [3.63, 3.8) is 0 Å². The van der Waals surface area contributed by atoms with Crippen molar-refractivity contribution < 1.29 is 14.5 Å². The Kier molecular flexibility index (Phi) is 4.77. The molecule has 0 aliphatic carbocycles. The van der Waals surface area contributed by atoms with E-state index in [4.69, 9.17) is 4.74 Å². The molecule has 1 aliphatic heterocycles. The highest BCUT2D eigenvalue weighted by atomic mass is 16.6. The molecule has 0 bridgehead atoms. The van der Waals surface area contributed by atoms with Gasteiger partial charge in [-0.15, -0.1) is 0 Å². The molecule has 1 heterocycles. The molecular weight excluding hydrogens is 272 g/mol. The molecule has 1 amide bonds. The fourth-order valence-corrected chi connectivity index (χ4v) is 2.83. The number of hydrogen-bond acceptors (Lipinski definition) is 4. The Hall–Kier alpha value is -2.11. The molecule has 114 valence electrons. The average molecular weight is 292 g/mol. The lowest BCUT2D eigenvalue weighted by Crippen LogP contribution is -2.44. The third-order valence-corrected chi connectivity index (χ3v) is 3.63. The molecule has 0 aromatic heterocycles. The average Bonchev–Trinajstić information content (AvgIpc) is 2.43. The summed E-state index contributed by atoms with van der Waals surface area (Å²) in [5.41, 5.74) is -0.120. The van der Waals surface area contributed by atoms with Crippen molar-refractivity contribution in [2.24, 2.45) is 11.8 Å². The van der Waals surface area contributed by atoms with E-state index < -0.39 is 4.92 Å². The Morgan fingerprint density at radius 1 is 1.33 bits per heavy atom. The monoisotopic (exact) mass is 292 g/mol. The molecule has 1 aliphatic rings. The van der Waals surface area contributed by atoms with Crippen molar-refractivity contribution in [2.45, 2.75) is 20.3 Å². The number of piperidine rings is 1. The summed E-state index contributed by atoms with van der Waals surface area (Å²) in [6.07, 6.45) is 1.12. The predicted octanol–water partition coefficient (Wildman–Crippen LogP) is 2.48. The highest BCUT2D eigenvalue weighted by Gasteiger charge is 2.26. The van der Waals surface area contributed by atoms with Crippen molar-refractivity contribution in [3.05, 3.63) is 34.4 Å². The van der Waals surface area contributed by atoms with Crippen molar-refractivity contribution >= 4 is 11.6 Å². The molecule has 2 rings (SSSR count). The number of benzene rings is 1. The minimum Gasteiger partial charge on any atom is -0.477 e. The lowest BCUT2D eigenvalue weighted by Gasteiger charge is -2.34. The summed E-state index contributed by atoms with van der Waals surface area (Å²) in [5, 5.41) is 10.9.